The number of halogens is 1. The molecule has 1 aliphatic rings. The molecule has 0 aromatic heterocycles. The van der Waals surface area contributed by atoms with Gasteiger partial charge in [-0.25, -0.2) is 4.79 Å². The van der Waals surface area contributed by atoms with Crippen LogP contribution in [0.1, 0.15) is 16.7 Å². The molecular weight excluding hydrogens is 528 g/mol. The normalized spacial score (nSPS) is 14.5. The maximum atomic E-state index is 12.8. The van der Waals surface area contributed by atoms with Crippen LogP contribution < -0.4 is 14.8 Å². The first-order valence-corrected chi connectivity index (χ1v) is 11.5. The van der Waals surface area contributed by atoms with Crippen molar-refractivity contribution in [3.63, 3.8) is 0 Å². The summed E-state index contributed by atoms with van der Waals surface area (Å²) in [5.41, 5.74) is 3.18. The molecule has 1 saturated heterocycles. The summed E-state index contributed by atoms with van der Waals surface area (Å²) in [6.45, 7) is 2.91. The quantitative estimate of drug-likeness (QED) is 0.470. The number of rotatable bonds is 8. The molecule has 0 spiro atoms. The number of carboxylic acid groups (broad SMARTS) is 1. The van der Waals surface area contributed by atoms with Crippen molar-refractivity contribution in [2.24, 2.45) is 0 Å². The number of aliphatic carboxylic acids is 1. The highest BCUT2D eigenvalue weighted by molar-refractivity contribution is 9.10. The summed E-state index contributed by atoms with van der Waals surface area (Å²) < 4.78 is 10.9. The first kappa shape index (κ1) is 25.3. The van der Waals surface area contributed by atoms with Gasteiger partial charge in [0.25, 0.3) is 11.1 Å². The Morgan fingerprint density at radius 1 is 1.18 bits per heavy atom. The number of imide groups is 1. The van der Waals surface area contributed by atoms with Crippen molar-refractivity contribution < 1.29 is 33.8 Å². The van der Waals surface area contributed by atoms with Crippen molar-refractivity contribution in [1.82, 2.24) is 4.90 Å². The molecule has 1 heterocycles. The highest BCUT2D eigenvalue weighted by Gasteiger charge is 2.36. The van der Waals surface area contributed by atoms with Gasteiger partial charge in [0, 0.05) is 5.69 Å². The van der Waals surface area contributed by atoms with Gasteiger partial charge in [-0.15, -0.1) is 0 Å². The molecule has 3 amide bonds. The second kappa shape index (κ2) is 10.7. The molecule has 0 aliphatic carbocycles. The summed E-state index contributed by atoms with van der Waals surface area (Å²) in [5, 5.41) is 11.0. The Balaban J connectivity index is 1.75. The Labute approximate surface area is 208 Å². The zero-order valence-electron chi connectivity index (χ0n) is 18.5. The van der Waals surface area contributed by atoms with Crippen LogP contribution >= 0.6 is 27.7 Å². The van der Waals surface area contributed by atoms with Gasteiger partial charge in [-0.05, 0) is 88.6 Å². The van der Waals surface area contributed by atoms with Gasteiger partial charge in [0.15, 0.2) is 18.1 Å². The fourth-order valence-electron chi connectivity index (χ4n) is 3.05. The first-order chi connectivity index (χ1) is 16.1. The number of aryl methyl sites for hydroxylation is 2. The molecule has 178 valence electrons. The van der Waals surface area contributed by atoms with Gasteiger partial charge in [-0.1, -0.05) is 6.07 Å². The number of hydrogen-bond donors (Lipinski definition) is 2. The Morgan fingerprint density at radius 3 is 2.56 bits per heavy atom. The van der Waals surface area contributed by atoms with E-state index in [0.717, 1.165) is 27.8 Å². The number of benzene rings is 2. The zero-order chi connectivity index (χ0) is 25.0. The number of hydrogen-bond acceptors (Lipinski definition) is 7. The van der Waals surface area contributed by atoms with Gasteiger partial charge < -0.3 is 19.9 Å². The van der Waals surface area contributed by atoms with E-state index in [1.54, 1.807) is 18.2 Å². The number of carbonyl (C=O) groups is 4. The van der Waals surface area contributed by atoms with E-state index < -0.39 is 36.2 Å². The summed E-state index contributed by atoms with van der Waals surface area (Å²) in [6, 6.07) is 8.58. The topological polar surface area (TPSA) is 122 Å². The Kier molecular flexibility index (Phi) is 8.00. The average molecular weight is 549 g/mol. The summed E-state index contributed by atoms with van der Waals surface area (Å²) >= 11 is 4.02. The molecule has 1 aliphatic heterocycles. The van der Waals surface area contributed by atoms with Crippen LogP contribution in [0.5, 0.6) is 11.5 Å². The van der Waals surface area contributed by atoms with Crippen LogP contribution in [0, 0.1) is 13.8 Å². The van der Waals surface area contributed by atoms with Crippen molar-refractivity contribution in [2.75, 3.05) is 25.6 Å². The smallest absolute Gasteiger partial charge is 0.341 e. The lowest BCUT2D eigenvalue weighted by Gasteiger charge is -2.13. The van der Waals surface area contributed by atoms with E-state index in [1.165, 1.54) is 13.2 Å². The number of anilines is 1. The highest BCUT2D eigenvalue weighted by atomic mass is 79.9. The predicted molar refractivity (Wildman–Crippen MR) is 131 cm³/mol. The maximum absolute atomic E-state index is 12.8. The third-order valence-corrected chi connectivity index (χ3v) is 6.35. The largest absolute Gasteiger partial charge is 0.493 e. The minimum absolute atomic E-state index is 0.136. The lowest BCUT2D eigenvalue weighted by molar-refractivity contribution is -0.139. The molecule has 0 unspecified atom stereocenters. The van der Waals surface area contributed by atoms with Crippen molar-refractivity contribution in [3.8, 4) is 11.5 Å². The molecule has 3 rings (SSSR count). The molecule has 1 fully saturated rings. The second-order valence-electron chi connectivity index (χ2n) is 7.33. The Morgan fingerprint density at radius 2 is 1.91 bits per heavy atom. The van der Waals surface area contributed by atoms with E-state index in [1.807, 2.05) is 26.0 Å². The summed E-state index contributed by atoms with van der Waals surface area (Å²) in [5.74, 6) is -1.79. The monoisotopic (exact) mass is 548 g/mol. The number of carbonyl (C=O) groups excluding carboxylic acids is 3. The van der Waals surface area contributed by atoms with E-state index in [4.69, 9.17) is 14.6 Å². The predicted octanol–water partition coefficient (Wildman–Crippen LogP) is 4.21. The summed E-state index contributed by atoms with van der Waals surface area (Å²) in [4.78, 5) is 49.4. The van der Waals surface area contributed by atoms with E-state index in [0.29, 0.717) is 15.7 Å². The number of nitrogens with one attached hydrogen (secondary N) is 1. The fraction of sp³-hybridized carbons (Fsp3) is 0.217. The van der Waals surface area contributed by atoms with E-state index in [-0.39, 0.29) is 16.4 Å². The average Bonchev–Trinajstić information content (AvgIpc) is 3.02. The molecule has 11 heteroatoms. The third-order valence-electron chi connectivity index (χ3n) is 4.86. The van der Waals surface area contributed by atoms with Gasteiger partial charge in [0.2, 0.25) is 5.91 Å². The molecule has 9 nitrogen and oxygen atoms in total. The third kappa shape index (κ3) is 5.97. The van der Waals surface area contributed by atoms with Crippen molar-refractivity contribution >= 4 is 62.5 Å². The molecular formula is C23H21BrN2O7S. The van der Waals surface area contributed by atoms with E-state index in [9.17, 15) is 19.2 Å². The summed E-state index contributed by atoms with van der Waals surface area (Å²) in [7, 11) is 1.39. The molecule has 2 aromatic rings. The van der Waals surface area contributed by atoms with Gasteiger partial charge in [0.1, 0.15) is 6.54 Å². The van der Waals surface area contributed by atoms with Crippen LogP contribution in [-0.2, 0) is 14.4 Å². The molecule has 2 N–H and O–H groups in total. The molecule has 0 bridgehead atoms. The minimum atomic E-state index is -1.15. The maximum Gasteiger partial charge on any atom is 0.341 e. The lowest BCUT2D eigenvalue weighted by atomic mass is 10.1. The molecule has 0 radical (unpaired) electrons. The number of methoxy groups -OCH3 is 1. The summed E-state index contributed by atoms with van der Waals surface area (Å²) in [6.07, 6.45) is 1.49. The number of amides is 3. The molecule has 34 heavy (non-hydrogen) atoms. The zero-order valence-corrected chi connectivity index (χ0v) is 20.9. The number of nitrogens with zero attached hydrogens (tertiary/aromatic N) is 1. The van der Waals surface area contributed by atoms with Crippen LogP contribution in [0.4, 0.5) is 10.5 Å². The number of ether oxygens (including phenoxy) is 2. The van der Waals surface area contributed by atoms with Crippen molar-refractivity contribution in [1.29, 1.82) is 0 Å². The first-order valence-electron chi connectivity index (χ1n) is 9.93. The SMILES string of the molecule is COc1cc(C=C2SC(=O)N(CC(=O)Nc3ccc(C)c(C)c3)C2=O)cc(Br)c1OCC(=O)O. The van der Waals surface area contributed by atoms with Gasteiger partial charge in [-0.3, -0.25) is 19.3 Å². The van der Waals surface area contributed by atoms with Crippen molar-refractivity contribution in [2.45, 2.75) is 13.8 Å². The van der Waals surface area contributed by atoms with E-state index in [2.05, 4.69) is 21.2 Å². The van der Waals surface area contributed by atoms with Crippen molar-refractivity contribution in [3.05, 3.63) is 56.4 Å². The van der Waals surface area contributed by atoms with Crippen LogP contribution in [0.25, 0.3) is 6.08 Å². The second-order valence-corrected chi connectivity index (χ2v) is 9.18. The van der Waals surface area contributed by atoms with Crippen LogP contribution in [-0.4, -0.2) is 53.3 Å². The Bertz CT molecular complexity index is 1210. The number of thioether (sulfide) groups is 1. The molecule has 0 atom stereocenters. The van der Waals surface area contributed by atoms with Gasteiger partial charge >= 0.3 is 5.97 Å². The number of carboxylic acids is 1. The van der Waals surface area contributed by atoms with Gasteiger partial charge in [-0.2, -0.15) is 0 Å². The molecule has 0 saturated carbocycles. The highest BCUT2D eigenvalue weighted by Crippen LogP contribution is 2.39. The van der Waals surface area contributed by atoms with Crippen LogP contribution in [0.2, 0.25) is 0 Å². The van der Waals surface area contributed by atoms with Crippen LogP contribution in [0.15, 0.2) is 39.7 Å². The van der Waals surface area contributed by atoms with E-state index >= 15 is 0 Å². The minimum Gasteiger partial charge on any atom is -0.493 e. The lowest BCUT2D eigenvalue weighted by Crippen LogP contribution is -2.36. The van der Waals surface area contributed by atoms with Gasteiger partial charge in [0.05, 0.1) is 16.5 Å². The van der Waals surface area contributed by atoms with Crippen LogP contribution in [0.3, 0.4) is 0 Å². The molecule has 2 aromatic carbocycles. The Hall–Kier alpha value is -3.31. The fourth-order valence-corrected chi connectivity index (χ4v) is 4.46. The standard InChI is InChI=1S/C23H21BrN2O7S/c1-12-4-5-15(6-13(12)2)25-19(27)10-26-22(30)18(34-23(26)31)9-14-7-16(24)21(17(8-14)32-3)33-11-20(28)29/h4-9H,10-11H2,1-3H3,(H,25,27)(H,28,29).